The van der Waals surface area contributed by atoms with Crippen LogP contribution in [-0.2, 0) is 0 Å². The number of hydrogen-bond acceptors (Lipinski definition) is 1. The normalized spacial score (nSPS) is 12.2. The number of carbonyl (C=O) groups excluding carboxylic acids is 1. The van der Waals surface area contributed by atoms with Crippen LogP contribution in [-0.4, -0.2) is 17.8 Å². The molecule has 1 aromatic rings. The van der Waals surface area contributed by atoms with Gasteiger partial charge in [0.15, 0.2) is 0 Å². The smallest absolute Gasteiger partial charge is 0.252 e. The summed E-state index contributed by atoms with van der Waals surface area (Å²) < 4.78 is 0.718. The molecule has 17 heavy (non-hydrogen) atoms. The Hall–Kier alpha value is -0.0600. The van der Waals surface area contributed by atoms with Crippen LogP contribution >= 0.6 is 43.5 Å². The van der Waals surface area contributed by atoms with E-state index in [-0.39, 0.29) is 5.91 Å². The zero-order valence-electron chi connectivity index (χ0n) is 9.47. The van der Waals surface area contributed by atoms with Gasteiger partial charge in [-0.05, 0) is 46.5 Å². The first-order valence-electron chi connectivity index (χ1n) is 5.33. The lowest BCUT2D eigenvalue weighted by atomic mass is 10.1. The van der Waals surface area contributed by atoms with Crippen LogP contribution in [0.15, 0.2) is 22.7 Å². The molecular weight excluding hydrogens is 369 g/mol. The fourth-order valence-corrected chi connectivity index (χ4v) is 2.97. The lowest BCUT2D eigenvalue weighted by Gasteiger charge is -2.11. The second-order valence-electron chi connectivity index (χ2n) is 3.92. The average Bonchev–Trinajstić information content (AvgIpc) is 2.26. The molecule has 0 saturated heterocycles. The van der Waals surface area contributed by atoms with Crippen molar-refractivity contribution in [3.8, 4) is 0 Å². The number of carbonyl (C=O) groups is 1. The fraction of sp³-hybridized carbons (Fsp3) is 0.417. The van der Waals surface area contributed by atoms with E-state index < -0.39 is 0 Å². The third kappa shape index (κ3) is 4.98. The van der Waals surface area contributed by atoms with Gasteiger partial charge in [0, 0.05) is 21.4 Å². The summed E-state index contributed by atoms with van der Waals surface area (Å²) >= 11 is 12.5. The Morgan fingerprint density at radius 3 is 2.82 bits per heavy atom. The zero-order chi connectivity index (χ0) is 12.8. The SMILES string of the molecule is CC(CCBr)CNC(=O)c1ccc(Cl)cc1Br. The van der Waals surface area contributed by atoms with Gasteiger partial charge in [-0.2, -0.15) is 0 Å². The van der Waals surface area contributed by atoms with Gasteiger partial charge in [0.2, 0.25) is 0 Å². The molecule has 0 heterocycles. The van der Waals surface area contributed by atoms with Crippen LogP contribution < -0.4 is 5.32 Å². The molecule has 1 rings (SSSR count). The van der Waals surface area contributed by atoms with Crippen LogP contribution in [0.3, 0.4) is 0 Å². The summed E-state index contributed by atoms with van der Waals surface area (Å²) in [7, 11) is 0. The number of hydrogen-bond donors (Lipinski definition) is 1. The molecule has 94 valence electrons. The third-order valence-electron chi connectivity index (χ3n) is 2.39. The Morgan fingerprint density at radius 2 is 2.24 bits per heavy atom. The van der Waals surface area contributed by atoms with Crippen LogP contribution in [0.25, 0.3) is 0 Å². The van der Waals surface area contributed by atoms with Crippen molar-refractivity contribution < 1.29 is 4.79 Å². The first-order valence-corrected chi connectivity index (χ1v) is 7.63. The maximum absolute atomic E-state index is 11.9. The Bertz CT molecular complexity index is 398. The van der Waals surface area contributed by atoms with E-state index in [2.05, 4.69) is 44.1 Å². The molecule has 2 nitrogen and oxygen atoms in total. The number of amides is 1. The van der Waals surface area contributed by atoms with Crippen LogP contribution in [0.2, 0.25) is 5.02 Å². The molecule has 1 atom stereocenters. The molecule has 0 aliphatic heterocycles. The van der Waals surface area contributed by atoms with Gasteiger partial charge in [0.25, 0.3) is 5.91 Å². The first kappa shape index (κ1) is 15.0. The second-order valence-corrected chi connectivity index (χ2v) is 6.00. The van der Waals surface area contributed by atoms with Gasteiger partial charge in [-0.25, -0.2) is 0 Å². The molecule has 1 aromatic carbocycles. The zero-order valence-corrected chi connectivity index (χ0v) is 13.4. The van der Waals surface area contributed by atoms with E-state index >= 15 is 0 Å². The van der Waals surface area contributed by atoms with Crippen molar-refractivity contribution in [2.45, 2.75) is 13.3 Å². The highest BCUT2D eigenvalue weighted by Crippen LogP contribution is 2.21. The molecule has 0 bridgehead atoms. The van der Waals surface area contributed by atoms with Crippen LogP contribution in [0, 0.1) is 5.92 Å². The predicted molar refractivity (Wildman–Crippen MR) is 79.1 cm³/mol. The number of halogens is 3. The van der Waals surface area contributed by atoms with Gasteiger partial charge >= 0.3 is 0 Å². The molecule has 1 amide bonds. The number of nitrogens with one attached hydrogen (secondary N) is 1. The summed E-state index contributed by atoms with van der Waals surface area (Å²) in [4.78, 5) is 11.9. The van der Waals surface area contributed by atoms with Crippen molar-refractivity contribution in [1.82, 2.24) is 5.32 Å². The van der Waals surface area contributed by atoms with E-state index in [1.807, 2.05) is 0 Å². The van der Waals surface area contributed by atoms with Crippen LogP contribution in [0.1, 0.15) is 23.7 Å². The monoisotopic (exact) mass is 381 g/mol. The van der Waals surface area contributed by atoms with Gasteiger partial charge in [0.05, 0.1) is 5.56 Å². The van der Waals surface area contributed by atoms with E-state index in [0.717, 1.165) is 16.2 Å². The van der Waals surface area contributed by atoms with Crippen LogP contribution in [0.5, 0.6) is 0 Å². The molecule has 1 N–H and O–H groups in total. The Labute approximate surface area is 123 Å². The lowest BCUT2D eigenvalue weighted by molar-refractivity contribution is 0.0947. The molecule has 0 aliphatic rings. The van der Waals surface area contributed by atoms with E-state index in [1.54, 1.807) is 18.2 Å². The van der Waals surface area contributed by atoms with Crippen molar-refractivity contribution in [2.75, 3.05) is 11.9 Å². The highest BCUT2D eigenvalue weighted by Gasteiger charge is 2.11. The molecule has 1 unspecified atom stereocenters. The highest BCUT2D eigenvalue weighted by atomic mass is 79.9. The number of benzene rings is 1. The molecule has 0 spiro atoms. The largest absolute Gasteiger partial charge is 0.352 e. The molecule has 0 saturated carbocycles. The molecule has 0 aromatic heterocycles. The van der Waals surface area contributed by atoms with Crippen molar-refractivity contribution in [3.63, 3.8) is 0 Å². The fourth-order valence-electron chi connectivity index (χ4n) is 1.32. The minimum Gasteiger partial charge on any atom is -0.352 e. The van der Waals surface area contributed by atoms with Crippen molar-refractivity contribution in [2.24, 2.45) is 5.92 Å². The number of alkyl halides is 1. The van der Waals surface area contributed by atoms with Gasteiger partial charge in [0.1, 0.15) is 0 Å². The van der Waals surface area contributed by atoms with Gasteiger partial charge < -0.3 is 5.32 Å². The standard InChI is InChI=1S/C12H14Br2ClNO/c1-8(4-5-13)7-16-12(17)10-3-2-9(15)6-11(10)14/h2-3,6,8H,4-5,7H2,1H3,(H,16,17). The predicted octanol–water partition coefficient (Wildman–Crippen LogP) is 4.25. The summed E-state index contributed by atoms with van der Waals surface area (Å²) in [5.74, 6) is 0.388. The lowest BCUT2D eigenvalue weighted by Crippen LogP contribution is -2.28. The third-order valence-corrected chi connectivity index (χ3v) is 3.74. The molecule has 0 fully saturated rings. The maximum Gasteiger partial charge on any atom is 0.252 e. The Balaban J connectivity index is 2.58. The molecule has 0 aliphatic carbocycles. The van der Waals surface area contributed by atoms with Crippen molar-refractivity contribution >= 4 is 49.4 Å². The number of rotatable bonds is 5. The van der Waals surface area contributed by atoms with E-state index in [9.17, 15) is 4.79 Å². The van der Waals surface area contributed by atoms with Gasteiger partial charge in [-0.15, -0.1) is 0 Å². The molecule has 5 heteroatoms. The van der Waals surface area contributed by atoms with E-state index in [0.29, 0.717) is 23.0 Å². The summed E-state index contributed by atoms with van der Waals surface area (Å²) in [5, 5.41) is 4.48. The average molecular weight is 384 g/mol. The summed E-state index contributed by atoms with van der Waals surface area (Å²) in [5.41, 5.74) is 0.612. The molecule has 0 radical (unpaired) electrons. The van der Waals surface area contributed by atoms with Crippen molar-refractivity contribution in [3.05, 3.63) is 33.3 Å². The maximum atomic E-state index is 11.9. The summed E-state index contributed by atoms with van der Waals surface area (Å²) in [6, 6.07) is 5.15. The van der Waals surface area contributed by atoms with Crippen molar-refractivity contribution in [1.29, 1.82) is 0 Å². The first-order chi connectivity index (χ1) is 8.04. The quantitative estimate of drug-likeness (QED) is 0.757. The van der Waals surface area contributed by atoms with Gasteiger partial charge in [-0.1, -0.05) is 34.5 Å². The van der Waals surface area contributed by atoms with Crippen LogP contribution in [0.4, 0.5) is 0 Å². The topological polar surface area (TPSA) is 29.1 Å². The summed E-state index contributed by atoms with van der Waals surface area (Å²) in [6.07, 6.45) is 1.04. The molecular formula is C12H14Br2ClNO. The van der Waals surface area contributed by atoms with E-state index in [4.69, 9.17) is 11.6 Å². The van der Waals surface area contributed by atoms with E-state index in [1.165, 1.54) is 0 Å². The minimum absolute atomic E-state index is 0.0741. The second kappa shape index (κ2) is 7.39. The summed E-state index contributed by atoms with van der Waals surface area (Å²) in [6.45, 7) is 2.79. The highest BCUT2D eigenvalue weighted by molar-refractivity contribution is 9.10. The Morgan fingerprint density at radius 1 is 1.53 bits per heavy atom. The minimum atomic E-state index is -0.0741. The Kier molecular flexibility index (Phi) is 6.52. The van der Waals surface area contributed by atoms with Gasteiger partial charge in [-0.3, -0.25) is 4.79 Å².